The second-order valence-corrected chi connectivity index (χ2v) is 5.73. The standard InChI is InChI=1S/C14H25N3S/c1-5-7-17(8-6-2)10-13-11-18-14(16-13)9-15-12(3)4/h5,11-12,15H,1,6-10H2,2-4H3. The number of hydrogen-bond donors (Lipinski definition) is 1. The molecule has 1 N–H and O–H groups in total. The van der Waals surface area contributed by atoms with Crippen molar-refractivity contribution in [1.29, 1.82) is 0 Å². The largest absolute Gasteiger partial charge is 0.308 e. The fraction of sp³-hybridized carbons (Fsp3) is 0.643. The molecule has 18 heavy (non-hydrogen) atoms. The number of aromatic nitrogens is 1. The minimum absolute atomic E-state index is 0.509. The van der Waals surface area contributed by atoms with E-state index in [1.54, 1.807) is 11.3 Å². The summed E-state index contributed by atoms with van der Waals surface area (Å²) >= 11 is 1.74. The van der Waals surface area contributed by atoms with Crippen LogP contribution in [-0.4, -0.2) is 29.0 Å². The van der Waals surface area contributed by atoms with Crippen LogP contribution in [0.1, 0.15) is 37.9 Å². The van der Waals surface area contributed by atoms with Gasteiger partial charge in [0.25, 0.3) is 0 Å². The Hall–Kier alpha value is -0.710. The molecular formula is C14H25N3S. The molecule has 0 aliphatic carbocycles. The molecule has 3 nitrogen and oxygen atoms in total. The molecule has 0 fully saturated rings. The maximum absolute atomic E-state index is 4.67. The Kier molecular flexibility index (Phi) is 7.16. The summed E-state index contributed by atoms with van der Waals surface area (Å²) in [4.78, 5) is 7.04. The Morgan fingerprint density at radius 3 is 2.94 bits per heavy atom. The Morgan fingerprint density at radius 2 is 2.33 bits per heavy atom. The van der Waals surface area contributed by atoms with Crippen molar-refractivity contribution in [2.75, 3.05) is 13.1 Å². The number of thiazole rings is 1. The molecule has 0 aliphatic rings. The summed E-state index contributed by atoms with van der Waals surface area (Å²) in [5, 5.41) is 6.74. The van der Waals surface area contributed by atoms with Gasteiger partial charge in [0.05, 0.1) is 5.69 Å². The summed E-state index contributed by atoms with van der Waals surface area (Å²) in [7, 11) is 0. The summed E-state index contributed by atoms with van der Waals surface area (Å²) in [6, 6.07) is 0.509. The number of rotatable bonds is 9. The third kappa shape index (κ3) is 5.76. The van der Waals surface area contributed by atoms with Crippen molar-refractivity contribution in [1.82, 2.24) is 15.2 Å². The van der Waals surface area contributed by atoms with Crippen molar-refractivity contribution >= 4 is 11.3 Å². The minimum Gasteiger partial charge on any atom is -0.308 e. The summed E-state index contributed by atoms with van der Waals surface area (Å²) in [5.74, 6) is 0. The summed E-state index contributed by atoms with van der Waals surface area (Å²) in [5.41, 5.74) is 1.18. The Bertz CT molecular complexity index is 347. The predicted molar refractivity (Wildman–Crippen MR) is 79.9 cm³/mol. The van der Waals surface area contributed by atoms with E-state index in [0.717, 1.165) is 26.2 Å². The van der Waals surface area contributed by atoms with Gasteiger partial charge in [0.15, 0.2) is 0 Å². The first kappa shape index (κ1) is 15.3. The van der Waals surface area contributed by atoms with Crippen molar-refractivity contribution in [3.05, 3.63) is 28.7 Å². The summed E-state index contributed by atoms with van der Waals surface area (Å²) in [6.45, 7) is 14.2. The molecule has 0 aliphatic heterocycles. The maximum Gasteiger partial charge on any atom is 0.107 e. The Balaban J connectivity index is 2.48. The van der Waals surface area contributed by atoms with Gasteiger partial charge in [-0.15, -0.1) is 17.9 Å². The average Bonchev–Trinajstić information content (AvgIpc) is 2.75. The lowest BCUT2D eigenvalue weighted by Gasteiger charge is -2.18. The molecule has 1 rings (SSSR count). The monoisotopic (exact) mass is 267 g/mol. The lowest BCUT2D eigenvalue weighted by molar-refractivity contribution is 0.292. The third-order valence-corrected chi connectivity index (χ3v) is 3.47. The zero-order valence-electron chi connectivity index (χ0n) is 11.8. The third-order valence-electron chi connectivity index (χ3n) is 2.57. The summed E-state index contributed by atoms with van der Waals surface area (Å²) in [6.07, 6.45) is 3.13. The van der Waals surface area contributed by atoms with Crippen LogP contribution in [0.4, 0.5) is 0 Å². The van der Waals surface area contributed by atoms with Crippen LogP contribution in [0.25, 0.3) is 0 Å². The topological polar surface area (TPSA) is 28.2 Å². The van der Waals surface area contributed by atoms with E-state index in [-0.39, 0.29) is 0 Å². The molecule has 1 aromatic rings. The SMILES string of the molecule is C=CCN(CCC)Cc1csc(CNC(C)C)n1. The van der Waals surface area contributed by atoms with Crippen molar-refractivity contribution in [2.45, 2.75) is 46.3 Å². The highest BCUT2D eigenvalue weighted by atomic mass is 32.1. The fourth-order valence-corrected chi connectivity index (χ4v) is 2.49. The fourth-order valence-electron chi connectivity index (χ4n) is 1.76. The number of nitrogens with one attached hydrogen (secondary N) is 1. The predicted octanol–water partition coefficient (Wildman–Crippen LogP) is 3.04. The van der Waals surface area contributed by atoms with Crippen LogP contribution in [0, 0.1) is 0 Å². The minimum atomic E-state index is 0.509. The first-order valence-electron chi connectivity index (χ1n) is 6.65. The lowest BCUT2D eigenvalue weighted by Crippen LogP contribution is -2.24. The van der Waals surface area contributed by atoms with Gasteiger partial charge in [-0.05, 0) is 13.0 Å². The van der Waals surface area contributed by atoms with Gasteiger partial charge in [-0.2, -0.15) is 0 Å². The van der Waals surface area contributed by atoms with E-state index >= 15 is 0 Å². The molecule has 4 heteroatoms. The van der Waals surface area contributed by atoms with Gasteiger partial charge in [0, 0.05) is 31.1 Å². The molecule has 0 atom stereocenters. The molecule has 0 bridgehead atoms. The molecule has 1 heterocycles. The zero-order valence-corrected chi connectivity index (χ0v) is 12.6. The maximum atomic E-state index is 4.67. The van der Waals surface area contributed by atoms with Gasteiger partial charge < -0.3 is 5.32 Å². The Labute approximate surface area is 115 Å². The van der Waals surface area contributed by atoms with Crippen LogP contribution < -0.4 is 5.32 Å². The molecule has 0 saturated carbocycles. The van der Waals surface area contributed by atoms with Gasteiger partial charge in [-0.3, -0.25) is 4.90 Å². The van der Waals surface area contributed by atoms with E-state index in [4.69, 9.17) is 0 Å². The highest BCUT2D eigenvalue weighted by Crippen LogP contribution is 2.12. The molecule has 0 amide bonds. The van der Waals surface area contributed by atoms with Crippen molar-refractivity contribution in [2.24, 2.45) is 0 Å². The number of nitrogens with zero attached hydrogens (tertiary/aromatic N) is 2. The molecular weight excluding hydrogens is 242 g/mol. The summed E-state index contributed by atoms with van der Waals surface area (Å²) < 4.78 is 0. The van der Waals surface area contributed by atoms with Crippen molar-refractivity contribution in [3.63, 3.8) is 0 Å². The molecule has 1 aromatic heterocycles. The first-order chi connectivity index (χ1) is 8.65. The second kappa shape index (κ2) is 8.40. The second-order valence-electron chi connectivity index (χ2n) is 4.79. The van der Waals surface area contributed by atoms with Crippen LogP contribution in [0.5, 0.6) is 0 Å². The van der Waals surface area contributed by atoms with Crippen LogP contribution in [0.2, 0.25) is 0 Å². The first-order valence-corrected chi connectivity index (χ1v) is 7.53. The molecule has 0 aromatic carbocycles. The van der Waals surface area contributed by atoms with Crippen molar-refractivity contribution < 1.29 is 0 Å². The van der Waals surface area contributed by atoms with Gasteiger partial charge in [-0.1, -0.05) is 26.8 Å². The van der Waals surface area contributed by atoms with Crippen LogP contribution in [0.3, 0.4) is 0 Å². The molecule has 102 valence electrons. The van der Waals surface area contributed by atoms with Gasteiger partial charge in [-0.25, -0.2) is 4.98 Å². The van der Waals surface area contributed by atoms with Gasteiger partial charge in [0.1, 0.15) is 5.01 Å². The van der Waals surface area contributed by atoms with E-state index in [0.29, 0.717) is 6.04 Å². The average molecular weight is 267 g/mol. The highest BCUT2D eigenvalue weighted by molar-refractivity contribution is 7.09. The molecule has 0 radical (unpaired) electrons. The van der Waals surface area contributed by atoms with E-state index in [9.17, 15) is 0 Å². The molecule has 0 unspecified atom stereocenters. The van der Waals surface area contributed by atoms with Crippen molar-refractivity contribution in [3.8, 4) is 0 Å². The smallest absolute Gasteiger partial charge is 0.107 e. The Morgan fingerprint density at radius 1 is 1.56 bits per heavy atom. The van der Waals surface area contributed by atoms with E-state index in [1.165, 1.54) is 17.1 Å². The number of hydrogen-bond acceptors (Lipinski definition) is 4. The van der Waals surface area contributed by atoms with E-state index in [2.05, 4.69) is 47.9 Å². The van der Waals surface area contributed by atoms with E-state index < -0.39 is 0 Å². The molecule has 0 spiro atoms. The zero-order chi connectivity index (χ0) is 13.4. The van der Waals surface area contributed by atoms with Crippen LogP contribution in [0.15, 0.2) is 18.0 Å². The van der Waals surface area contributed by atoms with Gasteiger partial charge >= 0.3 is 0 Å². The quantitative estimate of drug-likeness (QED) is 0.697. The van der Waals surface area contributed by atoms with Crippen LogP contribution in [-0.2, 0) is 13.1 Å². The highest BCUT2D eigenvalue weighted by Gasteiger charge is 2.07. The lowest BCUT2D eigenvalue weighted by atomic mass is 10.3. The van der Waals surface area contributed by atoms with Gasteiger partial charge in [0.2, 0.25) is 0 Å². The van der Waals surface area contributed by atoms with Crippen LogP contribution >= 0.6 is 11.3 Å². The normalized spacial score (nSPS) is 11.4. The van der Waals surface area contributed by atoms with E-state index in [1.807, 2.05) is 6.08 Å². The molecule has 0 saturated heterocycles.